The van der Waals surface area contributed by atoms with Gasteiger partial charge in [-0.3, -0.25) is 14.9 Å². The number of ether oxygens (including phenoxy) is 1. The molecule has 19 heavy (non-hydrogen) atoms. The average molecular weight is 409 g/mol. The molecule has 0 radical (unpaired) electrons. The molecule has 0 bridgehead atoms. The van der Waals surface area contributed by atoms with Crippen molar-refractivity contribution >= 4 is 60.8 Å². The fourth-order valence-corrected chi connectivity index (χ4v) is 2.95. The maximum Gasteiger partial charge on any atom is 0.290 e. The van der Waals surface area contributed by atoms with E-state index >= 15 is 0 Å². The molecule has 0 atom stereocenters. The molecule has 0 aromatic heterocycles. The number of imide groups is 1. The highest BCUT2D eigenvalue weighted by atomic mass is 79.9. The van der Waals surface area contributed by atoms with Crippen LogP contribution in [0.2, 0.25) is 0 Å². The number of nitrogens with one attached hydrogen (secondary N) is 1. The third-order valence-electron chi connectivity index (χ3n) is 2.33. The largest absolute Gasteiger partial charge is 0.504 e. The second-order valence-electron chi connectivity index (χ2n) is 3.49. The molecule has 8 heteroatoms. The first-order valence-electron chi connectivity index (χ1n) is 4.94. The summed E-state index contributed by atoms with van der Waals surface area (Å²) in [5, 5.41) is 11.8. The molecule has 1 fully saturated rings. The normalized spacial score (nSPS) is 16.9. The number of benzene rings is 1. The highest BCUT2D eigenvalue weighted by molar-refractivity contribution is 9.13. The van der Waals surface area contributed by atoms with E-state index in [1.54, 1.807) is 6.07 Å². The van der Waals surface area contributed by atoms with Gasteiger partial charge in [0, 0.05) is 14.5 Å². The molecule has 1 aliphatic heterocycles. The van der Waals surface area contributed by atoms with Crippen molar-refractivity contribution in [3.63, 3.8) is 0 Å². The van der Waals surface area contributed by atoms with Gasteiger partial charge in [-0.15, -0.1) is 0 Å². The van der Waals surface area contributed by atoms with Crippen LogP contribution in [0.1, 0.15) is 5.56 Å². The summed E-state index contributed by atoms with van der Waals surface area (Å²) in [6.07, 6.45) is 1.43. The fourth-order valence-electron chi connectivity index (χ4n) is 1.45. The topological polar surface area (TPSA) is 75.6 Å². The van der Waals surface area contributed by atoms with Crippen molar-refractivity contribution < 1.29 is 19.4 Å². The van der Waals surface area contributed by atoms with Crippen molar-refractivity contribution in [2.45, 2.75) is 0 Å². The van der Waals surface area contributed by atoms with Crippen LogP contribution in [0.25, 0.3) is 6.08 Å². The summed E-state index contributed by atoms with van der Waals surface area (Å²) in [5.41, 5.74) is 0.360. The minimum Gasteiger partial charge on any atom is -0.504 e. The Morgan fingerprint density at radius 3 is 2.63 bits per heavy atom. The van der Waals surface area contributed by atoms with Crippen LogP contribution >= 0.6 is 43.6 Å². The number of halogens is 2. The van der Waals surface area contributed by atoms with Gasteiger partial charge in [0.15, 0.2) is 11.5 Å². The smallest absolute Gasteiger partial charge is 0.290 e. The number of hydrogen-bond donors (Lipinski definition) is 2. The number of amides is 2. The third-order valence-corrected chi connectivity index (χ3v) is 5.15. The van der Waals surface area contributed by atoms with E-state index in [9.17, 15) is 14.7 Å². The van der Waals surface area contributed by atoms with Crippen molar-refractivity contribution in [2.24, 2.45) is 0 Å². The first-order valence-corrected chi connectivity index (χ1v) is 7.34. The summed E-state index contributed by atoms with van der Waals surface area (Å²) in [6, 6.07) is 1.59. The van der Waals surface area contributed by atoms with Gasteiger partial charge in [0.2, 0.25) is 0 Å². The lowest BCUT2D eigenvalue weighted by Crippen LogP contribution is -2.17. The zero-order valence-corrected chi connectivity index (χ0v) is 13.5. The maximum atomic E-state index is 11.5. The second-order valence-corrected chi connectivity index (χ2v) is 6.15. The van der Waals surface area contributed by atoms with Crippen molar-refractivity contribution in [3.05, 3.63) is 25.5 Å². The predicted octanol–water partition coefficient (Wildman–Crippen LogP) is 3.25. The molecule has 1 aliphatic rings. The van der Waals surface area contributed by atoms with Gasteiger partial charge in [-0.05, 0) is 55.8 Å². The Morgan fingerprint density at radius 2 is 2.11 bits per heavy atom. The maximum absolute atomic E-state index is 11.5. The van der Waals surface area contributed by atoms with Crippen LogP contribution in [0.3, 0.4) is 0 Å². The number of aromatic hydroxyl groups is 1. The van der Waals surface area contributed by atoms with E-state index in [2.05, 4.69) is 37.2 Å². The summed E-state index contributed by atoms with van der Waals surface area (Å²) in [4.78, 5) is 22.8. The number of hydrogen-bond acceptors (Lipinski definition) is 5. The van der Waals surface area contributed by atoms with Crippen molar-refractivity contribution in [3.8, 4) is 11.5 Å². The van der Waals surface area contributed by atoms with E-state index in [0.29, 0.717) is 14.5 Å². The molecular formula is C11H7Br2NO4S. The molecule has 5 nitrogen and oxygen atoms in total. The van der Waals surface area contributed by atoms with Crippen LogP contribution in [-0.4, -0.2) is 23.4 Å². The van der Waals surface area contributed by atoms with Crippen molar-refractivity contribution in [2.75, 3.05) is 7.11 Å². The molecule has 2 amide bonds. The molecule has 1 aromatic carbocycles. The Balaban J connectivity index is 2.57. The van der Waals surface area contributed by atoms with Gasteiger partial charge >= 0.3 is 0 Å². The Kier molecular flexibility index (Phi) is 4.22. The summed E-state index contributed by atoms with van der Waals surface area (Å²) in [6.45, 7) is 0. The monoisotopic (exact) mass is 407 g/mol. The van der Waals surface area contributed by atoms with Gasteiger partial charge in [-0.1, -0.05) is 0 Å². The molecule has 2 N–H and O–H groups in total. The summed E-state index contributed by atoms with van der Waals surface area (Å²) in [7, 11) is 1.42. The van der Waals surface area contributed by atoms with Gasteiger partial charge in [0.1, 0.15) is 0 Å². The zero-order valence-electron chi connectivity index (χ0n) is 9.49. The lowest BCUT2D eigenvalue weighted by molar-refractivity contribution is -0.115. The van der Waals surface area contributed by atoms with E-state index in [4.69, 9.17) is 4.74 Å². The summed E-state index contributed by atoms with van der Waals surface area (Å²) < 4.78 is 6.25. The van der Waals surface area contributed by atoms with Crippen LogP contribution in [0.15, 0.2) is 19.9 Å². The number of carbonyl (C=O) groups excluding carboxylic acids is 2. The minimum atomic E-state index is -0.486. The third kappa shape index (κ3) is 2.80. The number of methoxy groups -OCH3 is 1. The molecule has 0 unspecified atom stereocenters. The lowest BCUT2D eigenvalue weighted by Gasteiger charge is -2.10. The van der Waals surface area contributed by atoms with Crippen molar-refractivity contribution in [1.29, 1.82) is 0 Å². The minimum absolute atomic E-state index is 0.113. The van der Waals surface area contributed by atoms with Gasteiger partial charge in [0.05, 0.1) is 12.0 Å². The van der Waals surface area contributed by atoms with Gasteiger partial charge in [-0.2, -0.15) is 0 Å². The van der Waals surface area contributed by atoms with Crippen LogP contribution in [0, 0.1) is 0 Å². The van der Waals surface area contributed by atoms with E-state index in [1.165, 1.54) is 13.2 Å². The Hall–Kier alpha value is -0.990. The van der Waals surface area contributed by atoms with Crippen LogP contribution < -0.4 is 10.1 Å². The van der Waals surface area contributed by atoms with E-state index in [1.807, 2.05) is 0 Å². The quantitative estimate of drug-likeness (QED) is 0.734. The van der Waals surface area contributed by atoms with E-state index < -0.39 is 11.1 Å². The Labute approximate surface area is 129 Å². The lowest BCUT2D eigenvalue weighted by atomic mass is 10.1. The van der Waals surface area contributed by atoms with Crippen molar-refractivity contribution in [1.82, 2.24) is 5.32 Å². The molecule has 2 rings (SSSR count). The molecule has 100 valence electrons. The number of thioether (sulfide) groups is 1. The van der Waals surface area contributed by atoms with E-state index in [0.717, 1.165) is 11.8 Å². The average Bonchev–Trinajstić information content (AvgIpc) is 2.68. The van der Waals surface area contributed by atoms with Gasteiger partial charge in [0.25, 0.3) is 11.1 Å². The standard InChI is InChI=1S/C11H7Br2NO4S/c1-18-6-3-5(12)8(13)4(9(6)15)2-7-10(16)14-11(17)19-7/h2-3,15H,1H3,(H,14,16,17). The molecule has 0 spiro atoms. The van der Waals surface area contributed by atoms with Crippen LogP contribution in [0.5, 0.6) is 11.5 Å². The molecule has 1 saturated heterocycles. The fraction of sp³-hybridized carbons (Fsp3) is 0.0909. The molecular weight excluding hydrogens is 402 g/mol. The number of carbonyl (C=O) groups is 2. The number of phenols is 1. The van der Waals surface area contributed by atoms with Crippen LogP contribution in [-0.2, 0) is 4.79 Å². The summed E-state index contributed by atoms with van der Waals surface area (Å²) in [5.74, 6) is -0.338. The second kappa shape index (κ2) is 5.56. The molecule has 0 aliphatic carbocycles. The predicted molar refractivity (Wildman–Crippen MR) is 79.2 cm³/mol. The number of phenolic OH excluding ortho intramolecular Hbond substituents is 1. The molecule has 1 heterocycles. The highest BCUT2D eigenvalue weighted by Crippen LogP contribution is 2.42. The summed E-state index contributed by atoms with van der Waals surface area (Å²) >= 11 is 7.39. The highest BCUT2D eigenvalue weighted by Gasteiger charge is 2.26. The first-order chi connectivity index (χ1) is 8.93. The molecule has 0 saturated carbocycles. The van der Waals surface area contributed by atoms with Gasteiger partial charge < -0.3 is 9.84 Å². The van der Waals surface area contributed by atoms with Crippen LogP contribution in [0.4, 0.5) is 4.79 Å². The zero-order chi connectivity index (χ0) is 14.2. The Bertz CT molecular complexity index is 615. The molecule has 1 aromatic rings. The SMILES string of the molecule is COc1cc(Br)c(Br)c(C=C2SC(=O)NC2=O)c1O. The van der Waals surface area contributed by atoms with Gasteiger partial charge in [-0.25, -0.2) is 0 Å². The van der Waals surface area contributed by atoms with E-state index in [-0.39, 0.29) is 16.4 Å². The first kappa shape index (κ1) is 14.4. The number of rotatable bonds is 2. The Morgan fingerprint density at radius 1 is 1.42 bits per heavy atom.